The summed E-state index contributed by atoms with van der Waals surface area (Å²) in [5, 5.41) is 3.74. The number of nitrogens with one attached hydrogen (secondary N) is 1. The quantitative estimate of drug-likeness (QED) is 0.792. The summed E-state index contributed by atoms with van der Waals surface area (Å²) in [6, 6.07) is 13.6. The number of hydrogen-bond donors (Lipinski definition) is 1. The minimum atomic E-state index is 0.519. The molecule has 1 N–H and O–H groups in total. The molecular weight excluding hydrogens is 286 g/mol. The van der Waals surface area contributed by atoms with Crippen molar-refractivity contribution in [1.82, 2.24) is 5.32 Å². The van der Waals surface area contributed by atoms with Crippen molar-refractivity contribution in [2.75, 3.05) is 6.54 Å². The van der Waals surface area contributed by atoms with Crippen molar-refractivity contribution in [3.05, 3.63) is 56.7 Å². The van der Waals surface area contributed by atoms with E-state index in [9.17, 15) is 0 Å². The van der Waals surface area contributed by atoms with Gasteiger partial charge in [-0.15, -0.1) is 11.3 Å². The second-order valence-corrected chi connectivity index (χ2v) is 7.44. The molecule has 106 valence electrons. The lowest BCUT2D eigenvalue weighted by atomic mass is 10.0. The van der Waals surface area contributed by atoms with E-state index < -0.39 is 0 Å². The van der Waals surface area contributed by atoms with Gasteiger partial charge in [-0.2, -0.15) is 0 Å². The molecule has 1 fully saturated rings. The van der Waals surface area contributed by atoms with Crippen LogP contribution in [0.4, 0.5) is 0 Å². The largest absolute Gasteiger partial charge is 0.309 e. The van der Waals surface area contributed by atoms with Crippen molar-refractivity contribution in [2.24, 2.45) is 5.92 Å². The fourth-order valence-electron chi connectivity index (χ4n) is 2.60. The number of halogens is 1. The molecule has 0 amide bonds. The van der Waals surface area contributed by atoms with Gasteiger partial charge in [-0.25, -0.2) is 0 Å². The summed E-state index contributed by atoms with van der Waals surface area (Å²) in [4.78, 5) is 1.36. The maximum absolute atomic E-state index is 5.97. The van der Waals surface area contributed by atoms with E-state index in [1.807, 2.05) is 6.07 Å². The predicted molar refractivity (Wildman–Crippen MR) is 87.7 cm³/mol. The van der Waals surface area contributed by atoms with E-state index >= 15 is 0 Å². The summed E-state index contributed by atoms with van der Waals surface area (Å²) >= 11 is 7.66. The van der Waals surface area contributed by atoms with Crippen LogP contribution in [0.25, 0.3) is 0 Å². The van der Waals surface area contributed by atoms with E-state index in [1.165, 1.54) is 28.8 Å². The van der Waals surface area contributed by atoms with Gasteiger partial charge in [0, 0.05) is 17.5 Å². The van der Waals surface area contributed by atoms with Gasteiger partial charge in [0.15, 0.2) is 0 Å². The molecule has 1 nitrogen and oxygen atoms in total. The van der Waals surface area contributed by atoms with Crippen molar-refractivity contribution >= 4 is 22.9 Å². The van der Waals surface area contributed by atoms with Crippen molar-refractivity contribution < 1.29 is 0 Å². The van der Waals surface area contributed by atoms with Crippen LogP contribution in [0.1, 0.15) is 34.9 Å². The van der Waals surface area contributed by atoms with Gasteiger partial charge in [-0.3, -0.25) is 0 Å². The van der Waals surface area contributed by atoms with Crippen molar-refractivity contribution in [1.29, 1.82) is 0 Å². The van der Waals surface area contributed by atoms with E-state index in [0.717, 1.165) is 23.2 Å². The van der Waals surface area contributed by atoms with Gasteiger partial charge >= 0.3 is 0 Å². The second kappa shape index (κ2) is 6.30. The fraction of sp³-hybridized carbons (Fsp3) is 0.412. The Hall–Kier alpha value is -0.830. The van der Waals surface area contributed by atoms with Crippen molar-refractivity contribution in [3.8, 4) is 0 Å². The molecule has 0 bridgehead atoms. The molecule has 3 rings (SSSR count). The zero-order valence-electron chi connectivity index (χ0n) is 11.7. The summed E-state index contributed by atoms with van der Waals surface area (Å²) in [5.41, 5.74) is 2.76. The molecule has 1 aromatic carbocycles. The third kappa shape index (κ3) is 3.63. The van der Waals surface area contributed by atoms with Gasteiger partial charge in [-0.1, -0.05) is 41.4 Å². The Morgan fingerprint density at radius 1 is 1.20 bits per heavy atom. The van der Waals surface area contributed by atoms with E-state index in [2.05, 4.69) is 42.6 Å². The summed E-state index contributed by atoms with van der Waals surface area (Å²) in [6.07, 6.45) is 3.78. The van der Waals surface area contributed by atoms with E-state index in [4.69, 9.17) is 11.6 Å². The smallest absolute Gasteiger partial charge is 0.0931 e. The first-order valence-corrected chi connectivity index (χ1v) is 8.46. The molecule has 0 aliphatic heterocycles. The maximum atomic E-state index is 5.97. The zero-order valence-corrected chi connectivity index (χ0v) is 13.3. The van der Waals surface area contributed by atoms with Crippen LogP contribution in [0.5, 0.6) is 0 Å². The molecule has 1 unspecified atom stereocenters. The molecule has 1 aliphatic carbocycles. The number of hydrogen-bond acceptors (Lipinski definition) is 2. The van der Waals surface area contributed by atoms with Crippen LogP contribution in [0.2, 0.25) is 4.34 Å². The van der Waals surface area contributed by atoms with Gasteiger partial charge < -0.3 is 5.32 Å². The monoisotopic (exact) mass is 305 g/mol. The molecule has 1 aromatic heterocycles. The Bertz CT molecular complexity index is 557. The third-order valence-corrected chi connectivity index (χ3v) is 5.19. The molecule has 3 heteroatoms. The molecular formula is C17H20ClNS. The van der Waals surface area contributed by atoms with Crippen LogP contribution in [0.3, 0.4) is 0 Å². The van der Waals surface area contributed by atoms with Crippen LogP contribution >= 0.6 is 22.9 Å². The highest BCUT2D eigenvalue weighted by Gasteiger charge is 2.31. The van der Waals surface area contributed by atoms with Crippen molar-refractivity contribution in [2.45, 2.75) is 32.2 Å². The highest BCUT2D eigenvalue weighted by Crippen LogP contribution is 2.41. The average Bonchev–Trinajstić information content (AvgIpc) is 3.19. The molecule has 0 spiro atoms. The first kappa shape index (κ1) is 14.1. The number of aryl methyl sites for hydroxylation is 1. The number of benzene rings is 1. The Kier molecular flexibility index (Phi) is 4.45. The number of rotatable bonds is 6. The van der Waals surface area contributed by atoms with Crippen molar-refractivity contribution in [3.63, 3.8) is 0 Å². The molecule has 1 atom stereocenters. The third-order valence-electron chi connectivity index (χ3n) is 3.89. The topological polar surface area (TPSA) is 12.0 Å². The average molecular weight is 306 g/mol. The molecule has 2 aromatic rings. The minimum Gasteiger partial charge on any atom is -0.309 e. The van der Waals surface area contributed by atoms with E-state index in [0.29, 0.717) is 6.04 Å². The lowest BCUT2D eigenvalue weighted by molar-refractivity contribution is 0.485. The first-order chi connectivity index (χ1) is 9.72. The summed E-state index contributed by atoms with van der Waals surface area (Å²) in [5.74, 6) is 0.824. The SMILES string of the molecule is Cc1ccc(C(NCCc2ccc(Cl)s2)C2CC2)cc1. The molecule has 0 radical (unpaired) electrons. The normalized spacial score (nSPS) is 16.3. The second-order valence-electron chi connectivity index (χ2n) is 5.64. The van der Waals surface area contributed by atoms with E-state index in [-0.39, 0.29) is 0 Å². The Labute approximate surface area is 130 Å². The van der Waals surface area contributed by atoms with Gasteiger partial charge in [0.25, 0.3) is 0 Å². The van der Waals surface area contributed by atoms with Gasteiger partial charge in [0.2, 0.25) is 0 Å². The zero-order chi connectivity index (χ0) is 13.9. The molecule has 20 heavy (non-hydrogen) atoms. The Morgan fingerprint density at radius 3 is 2.55 bits per heavy atom. The highest BCUT2D eigenvalue weighted by molar-refractivity contribution is 7.16. The molecule has 1 heterocycles. The van der Waals surface area contributed by atoms with Crippen LogP contribution in [-0.2, 0) is 6.42 Å². The van der Waals surface area contributed by atoms with Gasteiger partial charge in [0.05, 0.1) is 4.34 Å². The first-order valence-electron chi connectivity index (χ1n) is 7.26. The standard InChI is InChI=1S/C17H20ClNS/c1-12-2-4-13(5-3-12)17(14-6-7-14)19-11-10-15-8-9-16(18)20-15/h2-5,8-9,14,17,19H,6-7,10-11H2,1H3. The summed E-state index contributed by atoms with van der Waals surface area (Å²) < 4.78 is 0.886. The summed E-state index contributed by atoms with van der Waals surface area (Å²) in [6.45, 7) is 3.16. The Balaban J connectivity index is 1.59. The number of thiophene rings is 1. The lowest BCUT2D eigenvalue weighted by Gasteiger charge is -2.19. The van der Waals surface area contributed by atoms with Crippen LogP contribution < -0.4 is 5.32 Å². The van der Waals surface area contributed by atoms with Gasteiger partial charge in [-0.05, 0) is 49.8 Å². The maximum Gasteiger partial charge on any atom is 0.0931 e. The predicted octanol–water partition coefficient (Wildman–Crippen LogP) is 4.99. The molecule has 1 aliphatic rings. The van der Waals surface area contributed by atoms with Crippen LogP contribution in [-0.4, -0.2) is 6.54 Å². The summed E-state index contributed by atoms with van der Waals surface area (Å²) in [7, 11) is 0. The van der Waals surface area contributed by atoms with Crippen LogP contribution in [0.15, 0.2) is 36.4 Å². The minimum absolute atomic E-state index is 0.519. The fourth-order valence-corrected chi connectivity index (χ4v) is 3.68. The van der Waals surface area contributed by atoms with Gasteiger partial charge in [0.1, 0.15) is 0 Å². The lowest BCUT2D eigenvalue weighted by Crippen LogP contribution is -2.25. The van der Waals surface area contributed by atoms with E-state index in [1.54, 1.807) is 11.3 Å². The van der Waals surface area contributed by atoms with Crippen LogP contribution in [0, 0.1) is 12.8 Å². The Morgan fingerprint density at radius 2 is 1.95 bits per heavy atom. The molecule has 0 saturated heterocycles. The highest BCUT2D eigenvalue weighted by atomic mass is 35.5. The molecule has 1 saturated carbocycles.